The summed E-state index contributed by atoms with van der Waals surface area (Å²) in [6.07, 6.45) is 4.64. The van der Waals surface area contributed by atoms with Gasteiger partial charge >= 0.3 is 0 Å². The maximum Gasteiger partial charge on any atom is 0.224 e. The number of amides is 1. The van der Waals surface area contributed by atoms with Gasteiger partial charge in [-0.3, -0.25) is 4.79 Å². The lowest BCUT2D eigenvalue weighted by atomic mass is 9.78. The van der Waals surface area contributed by atoms with Crippen LogP contribution in [0.5, 0.6) is 0 Å². The van der Waals surface area contributed by atoms with Crippen molar-refractivity contribution in [3.63, 3.8) is 0 Å². The Bertz CT molecular complexity index is 319. The van der Waals surface area contributed by atoms with Crippen molar-refractivity contribution in [3.8, 4) is 0 Å². The molecule has 1 amide bonds. The molecule has 2 N–H and O–H groups in total. The minimum absolute atomic E-state index is 0.141. The summed E-state index contributed by atoms with van der Waals surface area (Å²) in [4.78, 5) is 12.2. The van der Waals surface area contributed by atoms with E-state index in [2.05, 4.69) is 31.4 Å². The van der Waals surface area contributed by atoms with E-state index in [0.29, 0.717) is 5.92 Å². The predicted octanol–water partition coefficient (Wildman–Crippen LogP) is 1.94. The van der Waals surface area contributed by atoms with Crippen LogP contribution in [-0.4, -0.2) is 38.3 Å². The van der Waals surface area contributed by atoms with Gasteiger partial charge in [-0.25, -0.2) is 0 Å². The average molecular weight is 282 g/mol. The molecule has 0 spiro atoms. The van der Waals surface area contributed by atoms with E-state index in [0.717, 1.165) is 51.9 Å². The highest BCUT2D eigenvalue weighted by Crippen LogP contribution is 2.33. The van der Waals surface area contributed by atoms with Crippen molar-refractivity contribution in [1.29, 1.82) is 0 Å². The number of piperidine rings is 1. The van der Waals surface area contributed by atoms with E-state index in [1.54, 1.807) is 0 Å². The molecule has 2 fully saturated rings. The number of nitrogens with one attached hydrogen (secondary N) is 2. The number of hydrogen-bond acceptors (Lipinski definition) is 3. The van der Waals surface area contributed by atoms with Gasteiger partial charge in [-0.15, -0.1) is 0 Å². The summed E-state index contributed by atoms with van der Waals surface area (Å²) in [6, 6.07) is 0. The molecule has 2 heterocycles. The van der Waals surface area contributed by atoms with Crippen molar-refractivity contribution in [1.82, 2.24) is 10.6 Å². The van der Waals surface area contributed by atoms with Crippen LogP contribution in [0.4, 0.5) is 0 Å². The van der Waals surface area contributed by atoms with Gasteiger partial charge in [-0.05, 0) is 37.6 Å². The molecule has 3 unspecified atom stereocenters. The predicted molar refractivity (Wildman–Crippen MR) is 80.5 cm³/mol. The molecule has 116 valence electrons. The molecule has 0 aliphatic carbocycles. The van der Waals surface area contributed by atoms with Crippen molar-refractivity contribution in [2.75, 3.05) is 26.2 Å². The molecule has 0 saturated carbocycles. The van der Waals surface area contributed by atoms with Crippen LogP contribution < -0.4 is 10.6 Å². The number of hydrogen-bond donors (Lipinski definition) is 2. The zero-order chi connectivity index (χ0) is 14.6. The molecule has 4 nitrogen and oxygen atoms in total. The maximum atomic E-state index is 12.2. The molecule has 3 atom stereocenters. The molecular weight excluding hydrogens is 252 g/mol. The number of ether oxygens (including phenoxy) is 1. The van der Waals surface area contributed by atoms with Crippen LogP contribution >= 0.6 is 0 Å². The van der Waals surface area contributed by atoms with Crippen LogP contribution in [0, 0.1) is 17.3 Å². The van der Waals surface area contributed by atoms with Crippen LogP contribution in [0.15, 0.2) is 0 Å². The van der Waals surface area contributed by atoms with Crippen molar-refractivity contribution in [3.05, 3.63) is 0 Å². The third-order valence-electron chi connectivity index (χ3n) is 4.50. The van der Waals surface area contributed by atoms with Crippen molar-refractivity contribution in [2.24, 2.45) is 17.3 Å². The Morgan fingerprint density at radius 1 is 1.30 bits per heavy atom. The second-order valence-electron chi connectivity index (χ2n) is 7.35. The number of rotatable bonds is 3. The summed E-state index contributed by atoms with van der Waals surface area (Å²) >= 11 is 0. The Morgan fingerprint density at radius 3 is 2.75 bits per heavy atom. The van der Waals surface area contributed by atoms with Crippen LogP contribution in [0.2, 0.25) is 0 Å². The van der Waals surface area contributed by atoms with Gasteiger partial charge in [-0.2, -0.15) is 0 Å². The van der Waals surface area contributed by atoms with Gasteiger partial charge in [0.1, 0.15) is 0 Å². The first-order valence-corrected chi connectivity index (χ1v) is 8.08. The molecule has 20 heavy (non-hydrogen) atoms. The molecular formula is C16H30N2O2. The molecule has 0 aromatic rings. The molecule has 0 aromatic carbocycles. The lowest BCUT2D eigenvalue weighted by molar-refractivity contribution is -0.127. The molecule has 2 saturated heterocycles. The lowest BCUT2D eigenvalue weighted by Gasteiger charge is -2.40. The van der Waals surface area contributed by atoms with Gasteiger partial charge in [0.25, 0.3) is 0 Å². The fourth-order valence-corrected chi connectivity index (χ4v) is 3.46. The monoisotopic (exact) mass is 282 g/mol. The molecule has 0 aromatic heterocycles. The summed E-state index contributed by atoms with van der Waals surface area (Å²) in [5.74, 6) is 0.820. The molecule has 2 aliphatic rings. The summed E-state index contributed by atoms with van der Waals surface area (Å²) in [6.45, 7) is 10.2. The molecule has 2 aliphatic heterocycles. The maximum absolute atomic E-state index is 12.2. The van der Waals surface area contributed by atoms with Crippen LogP contribution in [0.3, 0.4) is 0 Å². The quantitative estimate of drug-likeness (QED) is 0.832. The topological polar surface area (TPSA) is 50.4 Å². The van der Waals surface area contributed by atoms with Crippen molar-refractivity contribution >= 4 is 5.91 Å². The van der Waals surface area contributed by atoms with Crippen molar-refractivity contribution in [2.45, 2.75) is 52.6 Å². The first kappa shape index (κ1) is 15.8. The highest BCUT2D eigenvalue weighted by molar-refractivity contribution is 5.78. The lowest BCUT2D eigenvalue weighted by Crippen LogP contribution is -2.47. The Labute approximate surface area is 123 Å². The minimum atomic E-state index is 0.141. The van der Waals surface area contributed by atoms with E-state index in [1.807, 2.05) is 0 Å². The van der Waals surface area contributed by atoms with E-state index in [-0.39, 0.29) is 23.3 Å². The zero-order valence-electron chi connectivity index (χ0n) is 13.2. The highest BCUT2D eigenvalue weighted by atomic mass is 16.5. The van der Waals surface area contributed by atoms with E-state index in [4.69, 9.17) is 4.74 Å². The Balaban J connectivity index is 1.83. The first-order valence-electron chi connectivity index (χ1n) is 8.08. The Kier molecular flexibility index (Phi) is 5.44. The van der Waals surface area contributed by atoms with Gasteiger partial charge < -0.3 is 15.4 Å². The Hall–Kier alpha value is -0.610. The van der Waals surface area contributed by atoms with Crippen LogP contribution in [0.1, 0.15) is 46.5 Å². The van der Waals surface area contributed by atoms with Gasteiger partial charge in [-0.1, -0.05) is 20.8 Å². The second-order valence-corrected chi connectivity index (χ2v) is 7.35. The molecule has 2 rings (SSSR count). The van der Waals surface area contributed by atoms with E-state index in [9.17, 15) is 4.79 Å². The fraction of sp³-hybridized carbons (Fsp3) is 0.938. The third-order valence-corrected chi connectivity index (χ3v) is 4.50. The summed E-state index contributed by atoms with van der Waals surface area (Å²) in [5.41, 5.74) is 0.141. The first-order chi connectivity index (χ1) is 9.48. The van der Waals surface area contributed by atoms with Crippen molar-refractivity contribution < 1.29 is 9.53 Å². The highest BCUT2D eigenvalue weighted by Gasteiger charge is 2.35. The SMILES string of the molecule is CC(C)(C)C1OCCCC1CNC(=O)C1CCCNC1. The summed E-state index contributed by atoms with van der Waals surface area (Å²) < 4.78 is 5.97. The Morgan fingerprint density at radius 2 is 2.10 bits per heavy atom. The fourth-order valence-electron chi connectivity index (χ4n) is 3.46. The summed E-state index contributed by atoms with van der Waals surface area (Å²) in [5, 5.41) is 6.47. The van der Waals surface area contributed by atoms with Gasteiger partial charge in [0.2, 0.25) is 5.91 Å². The second kappa shape index (κ2) is 6.90. The largest absolute Gasteiger partial charge is 0.377 e. The van der Waals surface area contributed by atoms with Gasteiger partial charge in [0, 0.05) is 25.6 Å². The molecule has 0 bridgehead atoms. The van der Waals surface area contributed by atoms with Gasteiger partial charge in [0.05, 0.1) is 12.0 Å². The van der Waals surface area contributed by atoms with E-state index < -0.39 is 0 Å². The van der Waals surface area contributed by atoms with Crippen LogP contribution in [0.25, 0.3) is 0 Å². The average Bonchev–Trinajstić information content (AvgIpc) is 2.45. The normalized spacial score (nSPS) is 31.9. The molecule has 4 heteroatoms. The zero-order valence-corrected chi connectivity index (χ0v) is 13.2. The molecule has 0 radical (unpaired) electrons. The number of carbonyl (C=O) groups excluding carboxylic acids is 1. The van der Waals surface area contributed by atoms with Gasteiger partial charge in [0.15, 0.2) is 0 Å². The standard InChI is InChI=1S/C16H30N2O2/c1-16(2,3)14-12(7-5-9-20-14)11-18-15(19)13-6-4-8-17-10-13/h12-14,17H,4-11H2,1-3H3,(H,18,19). The van der Waals surface area contributed by atoms with E-state index in [1.165, 1.54) is 0 Å². The third kappa shape index (κ3) is 4.19. The minimum Gasteiger partial charge on any atom is -0.377 e. The number of carbonyl (C=O) groups is 1. The van der Waals surface area contributed by atoms with Crippen LogP contribution in [-0.2, 0) is 9.53 Å². The smallest absolute Gasteiger partial charge is 0.224 e. The van der Waals surface area contributed by atoms with E-state index >= 15 is 0 Å². The summed E-state index contributed by atoms with van der Waals surface area (Å²) in [7, 11) is 0.